The van der Waals surface area contributed by atoms with Gasteiger partial charge in [-0.1, -0.05) is 0 Å². The van der Waals surface area contributed by atoms with Crippen molar-refractivity contribution >= 4 is 45.3 Å². The molecule has 1 aromatic rings. The Balaban J connectivity index is 2.45. The summed E-state index contributed by atoms with van der Waals surface area (Å²) in [4.78, 5) is 23.4. The number of nitrogens with two attached hydrogens (primary N) is 1. The molecule has 0 saturated heterocycles. The number of carbonyl (C=O) groups excluding carboxylic acids is 2. The van der Waals surface area contributed by atoms with Crippen LogP contribution in [0.3, 0.4) is 0 Å². The van der Waals surface area contributed by atoms with Crippen LogP contribution in [0.15, 0.2) is 27.6 Å². The van der Waals surface area contributed by atoms with Crippen LogP contribution in [-0.2, 0) is 4.79 Å². The van der Waals surface area contributed by atoms with Gasteiger partial charge in [-0.15, -0.1) is 11.8 Å². The standard InChI is InChI=1S/C11H14BrN3O2S/c1-2-14-11(17)15-10(16)6-18-9-4-3-7(13)5-8(9)12/h3-5H,2,6,13H2,1H3,(H2,14,15,16,17). The molecule has 0 saturated carbocycles. The van der Waals surface area contributed by atoms with Gasteiger partial charge in [-0.3, -0.25) is 10.1 Å². The quantitative estimate of drug-likeness (QED) is 0.581. The lowest BCUT2D eigenvalue weighted by Gasteiger charge is -2.06. The fourth-order valence-corrected chi connectivity index (χ4v) is 2.60. The first-order valence-electron chi connectivity index (χ1n) is 5.28. The molecule has 7 heteroatoms. The maximum Gasteiger partial charge on any atom is 0.321 e. The van der Waals surface area contributed by atoms with Crippen molar-refractivity contribution < 1.29 is 9.59 Å². The summed E-state index contributed by atoms with van der Waals surface area (Å²) in [5.74, 6) is -0.172. The Morgan fingerprint density at radius 2 is 2.17 bits per heavy atom. The van der Waals surface area contributed by atoms with Crippen LogP contribution in [0.5, 0.6) is 0 Å². The number of carbonyl (C=O) groups is 2. The predicted octanol–water partition coefficient (Wildman–Crippen LogP) is 1.97. The van der Waals surface area contributed by atoms with Crippen LogP contribution in [0, 0.1) is 0 Å². The number of hydrogen-bond donors (Lipinski definition) is 3. The van der Waals surface area contributed by atoms with Gasteiger partial charge in [0.2, 0.25) is 5.91 Å². The van der Waals surface area contributed by atoms with Crippen molar-refractivity contribution in [3.63, 3.8) is 0 Å². The van der Waals surface area contributed by atoms with Crippen molar-refractivity contribution in [3.05, 3.63) is 22.7 Å². The largest absolute Gasteiger partial charge is 0.399 e. The molecule has 98 valence electrons. The molecule has 1 aromatic carbocycles. The first-order chi connectivity index (χ1) is 8.52. The predicted molar refractivity (Wildman–Crippen MR) is 76.5 cm³/mol. The maximum absolute atomic E-state index is 11.4. The van der Waals surface area contributed by atoms with Gasteiger partial charge in [0, 0.05) is 21.6 Å². The van der Waals surface area contributed by atoms with Crippen LogP contribution in [0.1, 0.15) is 6.92 Å². The molecule has 18 heavy (non-hydrogen) atoms. The molecule has 0 aliphatic rings. The molecule has 5 nitrogen and oxygen atoms in total. The lowest BCUT2D eigenvalue weighted by molar-refractivity contribution is -0.117. The molecule has 0 atom stereocenters. The molecule has 0 aliphatic heterocycles. The van der Waals surface area contributed by atoms with E-state index in [1.54, 1.807) is 19.1 Å². The molecule has 0 unspecified atom stereocenters. The third-order valence-electron chi connectivity index (χ3n) is 1.90. The molecule has 3 amide bonds. The van der Waals surface area contributed by atoms with E-state index >= 15 is 0 Å². The normalized spacial score (nSPS) is 9.89. The lowest BCUT2D eigenvalue weighted by atomic mass is 10.3. The zero-order valence-corrected chi connectivity index (χ0v) is 12.2. The molecule has 0 fully saturated rings. The van der Waals surface area contributed by atoms with Crippen molar-refractivity contribution in [1.29, 1.82) is 0 Å². The van der Waals surface area contributed by atoms with Gasteiger partial charge in [0.15, 0.2) is 0 Å². The minimum Gasteiger partial charge on any atom is -0.399 e. The molecule has 1 rings (SSSR count). The van der Waals surface area contributed by atoms with Crippen molar-refractivity contribution in [2.24, 2.45) is 0 Å². The van der Waals surface area contributed by atoms with Crippen molar-refractivity contribution in [3.8, 4) is 0 Å². The number of nitrogens with one attached hydrogen (secondary N) is 2. The van der Waals surface area contributed by atoms with E-state index in [0.717, 1.165) is 9.37 Å². The maximum atomic E-state index is 11.4. The SMILES string of the molecule is CCNC(=O)NC(=O)CSc1ccc(N)cc1Br. The van der Waals surface area contributed by atoms with E-state index in [-0.39, 0.29) is 11.7 Å². The summed E-state index contributed by atoms with van der Waals surface area (Å²) in [5, 5.41) is 4.72. The summed E-state index contributed by atoms with van der Waals surface area (Å²) < 4.78 is 0.832. The van der Waals surface area contributed by atoms with Gasteiger partial charge >= 0.3 is 6.03 Å². The zero-order chi connectivity index (χ0) is 13.5. The molecule has 0 aromatic heterocycles. The molecular formula is C11H14BrN3O2S. The Labute approximate surface area is 118 Å². The molecule has 0 heterocycles. The van der Waals surface area contributed by atoms with Gasteiger partial charge in [-0.25, -0.2) is 4.79 Å². The Kier molecular flexibility index (Phi) is 6.00. The first kappa shape index (κ1) is 14.8. The van der Waals surface area contributed by atoms with E-state index in [2.05, 4.69) is 26.6 Å². The van der Waals surface area contributed by atoms with E-state index in [1.165, 1.54) is 11.8 Å². The molecule has 0 aliphatic carbocycles. The van der Waals surface area contributed by atoms with Crippen LogP contribution < -0.4 is 16.4 Å². The van der Waals surface area contributed by atoms with E-state index in [1.807, 2.05) is 6.07 Å². The Bertz CT molecular complexity index is 454. The summed E-state index contributed by atoms with van der Waals surface area (Å²) in [6, 6.07) is 4.88. The van der Waals surface area contributed by atoms with E-state index < -0.39 is 6.03 Å². The molecule has 0 bridgehead atoms. The number of hydrogen-bond acceptors (Lipinski definition) is 4. The molecule has 0 spiro atoms. The van der Waals surface area contributed by atoms with Gasteiger partial charge < -0.3 is 11.1 Å². The topological polar surface area (TPSA) is 84.2 Å². The van der Waals surface area contributed by atoms with Crippen LogP contribution in [0.4, 0.5) is 10.5 Å². The Morgan fingerprint density at radius 1 is 1.44 bits per heavy atom. The van der Waals surface area contributed by atoms with Crippen molar-refractivity contribution in [2.45, 2.75) is 11.8 Å². The van der Waals surface area contributed by atoms with Crippen molar-refractivity contribution in [2.75, 3.05) is 18.0 Å². The lowest BCUT2D eigenvalue weighted by Crippen LogP contribution is -2.40. The Morgan fingerprint density at radius 3 is 2.78 bits per heavy atom. The number of amides is 3. The summed E-state index contributed by atoms with van der Waals surface area (Å²) in [5.41, 5.74) is 6.26. The molecular weight excluding hydrogens is 318 g/mol. The zero-order valence-electron chi connectivity index (χ0n) is 9.83. The van der Waals surface area contributed by atoms with Gasteiger partial charge in [-0.2, -0.15) is 0 Å². The smallest absolute Gasteiger partial charge is 0.321 e. The number of rotatable bonds is 4. The monoisotopic (exact) mass is 331 g/mol. The number of thioether (sulfide) groups is 1. The number of anilines is 1. The molecule has 0 radical (unpaired) electrons. The fourth-order valence-electron chi connectivity index (χ4n) is 1.14. The number of benzene rings is 1. The summed E-state index contributed by atoms with van der Waals surface area (Å²) in [6.07, 6.45) is 0. The second-order valence-electron chi connectivity index (χ2n) is 3.39. The minimum atomic E-state index is -0.473. The third-order valence-corrected chi connectivity index (χ3v) is 3.90. The minimum absolute atomic E-state index is 0.166. The second-order valence-corrected chi connectivity index (χ2v) is 5.26. The van der Waals surface area contributed by atoms with E-state index in [9.17, 15) is 9.59 Å². The summed E-state index contributed by atoms with van der Waals surface area (Å²) in [6.45, 7) is 2.26. The highest BCUT2D eigenvalue weighted by Crippen LogP contribution is 2.28. The fraction of sp³-hybridized carbons (Fsp3) is 0.273. The summed E-state index contributed by atoms with van der Waals surface area (Å²) >= 11 is 4.69. The number of nitrogen functional groups attached to an aromatic ring is 1. The van der Waals surface area contributed by atoms with E-state index in [4.69, 9.17) is 5.73 Å². The second kappa shape index (κ2) is 7.27. The highest BCUT2D eigenvalue weighted by molar-refractivity contribution is 9.10. The Hall–Kier alpha value is -1.21. The highest BCUT2D eigenvalue weighted by Gasteiger charge is 2.08. The average molecular weight is 332 g/mol. The number of urea groups is 1. The van der Waals surface area contributed by atoms with Gasteiger partial charge in [0.05, 0.1) is 5.75 Å². The average Bonchev–Trinajstić information content (AvgIpc) is 2.28. The molecule has 4 N–H and O–H groups in total. The van der Waals surface area contributed by atoms with Crippen LogP contribution in [0.2, 0.25) is 0 Å². The highest BCUT2D eigenvalue weighted by atomic mass is 79.9. The first-order valence-corrected chi connectivity index (χ1v) is 7.06. The van der Waals surface area contributed by atoms with Gasteiger partial charge in [0.1, 0.15) is 0 Å². The number of halogens is 1. The van der Waals surface area contributed by atoms with Crippen molar-refractivity contribution in [1.82, 2.24) is 10.6 Å². The van der Waals surface area contributed by atoms with Gasteiger partial charge in [-0.05, 0) is 41.1 Å². The van der Waals surface area contributed by atoms with E-state index in [0.29, 0.717) is 12.2 Å². The van der Waals surface area contributed by atoms with Crippen LogP contribution in [-0.4, -0.2) is 24.2 Å². The number of imide groups is 1. The third kappa shape index (κ3) is 4.97. The van der Waals surface area contributed by atoms with Crippen LogP contribution >= 0.6 is 27.7 Å². The summed E-state index contributed by atoms with van der Waals surface area (Å²) in [7, 11) is 0. The van der Waals surface area contributed by atoms with Crippen LogP contribution in [0.25, 0.3) is 0 Å². The van der Waals surface area contributed by atoms with Gasteiger partial charge in [0.25, 0.3) is 0 Å².